The van der Waals surface area contributed by atoms with Crippen LogP contribution in [-0.4, -0.2) is 62.0 Å². The fraction of sp³-hybridized carbons (Fsp3) is 0.682. The SMILES string of the molecule is O=C(OCC1CCNCC1)N1CCC(F)(CN[C@@H]2C[C@H]2c2ccccc2)CC1. The van der Waals surface area contributed by atoms with E-state index in [9.17, 15) is 4.79 Å². The highest BCUT2D eigenvalue weighted by Gasteiger charge is 2.42. The predicted octanol–water partition coefficient (Wildman–Crippen LogP) is 3.07. The van der Waals surface area contributed by atoms with Crippen LogP contribution in [0.15, 0.2) is 30.3 Å². The Bertz CT molecular complexity index is 642. The molecule has 1 aromatic rings. The van der Waals surface area contributed by atoms with E-state index in [0.29, 0.717) is 57.0 Å². The summed E-state index contributed by atoms with van der Waals surface area (Å²) < 4.78 is 20.6. The molecule has 1 amide bonds. The lowest BCUT2D eigenvalue weighted by atomic mass is 9.93. The molecular formula is C22H32FN3O2. The number of halogens is 1. The van der Waals surface area contributed by atoms with Gasteiger partial charge in [0.25, 0.3) is 0 Å². The van der Waals surface area contributed by atoms with Gasteiger partial charge in [0.15, 0.2) is 0 Å². The van der Waals surface area contributed by atoms with Crippen molar-refractivity contribution in [1.82, 2.24) is 15.5 Å². The molecule has 0 bridgehead atoms. The van der Waals surface area contributed by atoms with Gasteiger partial charge in [-0.1, -0.05) is 30.3 Å². The lowest BCUT2D eigenvalue weighted by molar-refractivity contribution is 0.0362. The summed E-state index contributed by atoms with van der Waals surface area (Å²) in [5.41, 5.74) is 0.106. The van der Waals surface area contributed by atoms with Gasteiger partial charge in [0.05, 0.1) is 6.61 Å². The molecule has 2 heterocycles. The molecule has 1 aromatic carbocycles. The Hall–Kier alpha value is -1.66. The third-order valence-electron chi connectivity index (χ3n) is 6.52. The van der Waals surface area contributed by atoms with Crippen molar-refractivity contribution in [3.8, 4) is 0 Å². The number of alkyl halides is 1. The largest absolute Gasteiger partial charge is 0.449 e. The van der Waals surface area contributed by atoms with Crippen molar-refractivity contribution in [2.24, 2.45) is 5.92 Å². The monoisotopic (exact) mass is 389 g/mol. The molecule has 2 aliphatic heterocycles. The van der Waals surface area contributed by atoms with Crippen molar-refractivity contribution < 1.29 is 13.9 Å². The lowest BCUT2D eigenvalue weighted by Crippen LogP contribution is -2.49. The molecule has 2 N–H and O–H groups in total. The number of carbonyl (C=O) groups is 1. The smallest absolute Gasteiger partial charge is 0.409 e. The Morgan fingerprint density at radius 1 is 1.21 bits per heavy atom. The standard InChI is InChI=1S/C22H32FN3O2/c23-22(16-25-20-14-19(20)18-4-2-1-3-5-18)8-12-26(13-9-22)21(27)28-15-17-6-10-24-11-7-17/h1-5,17,19-20,24-25H,6-16H2/t19-,20+/m0/s1. The number of rotatable bonds is 6. The van der Waals surface area contributed by atoms with E-state index >= 15 is 4.39 Å². The molecule has 2 saturated heterocycles. The van der Waals surface area contributed by atoms with Crippen molar-refractivity contribution in [3.63, 3.8) is 0 Å². The van der Waals surface area contributed by atoms with Crippen LogP contribution in [0, 0.1) is 5.92 Å². The third kappa shape index (κ3) is 5.03. The van der Waals surface area contributed by atoms with Gasteiger partial charge in [0.2, 0.25) is 0 Å². The van der Waals surface area contributed by atoms with Crippen LogP contribution in [0.5, 0.6) is 0 Å². The molecule has 1 aliphatic carbocycles. The number of ether oxygens (including phenoxy) is 1. The number of benzene rings is 1. The molecule has 5 nitrogen and oxygen atoms in total. The minimum absolute atomic E-state index is 0.278. The fourth-order valence-corrected chi connectivity index (χ4v) is 4.40. The maximum atomic E-state index is 15.2. The minimum atomic E-state index is -1.23. The number of nitrogens with zero attached hydrogens (tertiary/aromatic N) is 1. The maximum Gasteiger partial charge on any atom is 0.409 e. The number of carbonyl (C=O) groups excluding carboxylic acids is 1. The molecular weight excluding hydrogens is 357 g/mol. The van der Waals surface area contributed by atoms with Crippen LogP contribution in [0.3, 0.4) is 0 Å². The third-order valence-corrected chi connectivity index (χ3v) is 6.52. The number of nitrogens with one attached hydrogen (secondary N) is 2. The molecule has 28 heavy (non-hydrogen) atoms. The molecule has 0 spiro atoms. The van der Waals surface area contributed by atoms with Gasteiger partial charge in [0.1, 0.15) is 5.67 Å². The summed E-state index contributed by atoms with van der Waals surface area (Å²) in [5.74, 6) is 0.963. The first-order chi connectivity index (χ1) is 13.6. The van der Waals surface area contributed by atoms with E-state index in [0.717, 1.165) is 32.4 Å². The summed E-state index contributed by atoms with van der Waals surface area (Å²) in [6.07, 6.45) is 3.67. The summed E-state index contributed by atoms with van der Waals surface area (Å²) in [6, 6.07) is 10.8. The topological polar surface area (TPSA) is 53.6 Å². The number of piperidine rings is 2. The van der Waals surface area contributed by atoms with Gasteiger partial charge in [-0.2, -0.15) is 0 Å². The Labute approximate surface area is 167 Å². The molecule has 0 unspecified atom stereocenters. The van der Waals surface area contributed by atoms with Gasteiger partial charge >= 0.3 is 6.09 Å². The molecule has 6 heteroatoms. The number of hydrogen-bond donors (Lipinski definition) is 2. The zero-order chi connectivity index (χ0) is 19.4. The second-order valence-electron chi connectivity index (χ2n) is 8.65. The Morgan fingerprint density at radius 3 is 2.64 bits per heavy atom. The van der Waals surface area contributed by atoms with Gasteiger partial charge in [0, 0.05) is 44.4 Å². The first kappa shape index (κ1) is 19.6. The Kier molecular flexibility index (Phi) is 6.16. The van der Waals surface area contributed by atoms with E-state index in [-0.39, 0.29) is 6.09 Å². The zero-order valence-electron chi connectivity index (χ0n) is 16.5. The molecule has 0 radical (unpaired) electrons. The lowest BCUT2D eigenvalue weighted by Gasteiger charge is -2.36. The van der Waals surface area contributed by atoms with E-state index in [1.807, 2.05) is 6.07 Å². The van der Waals surface area contributed by atoms with Crippen molar-refractivity contribution in [2.75, 3.05) is 39.3 Å². The fourth-order valence-electron chi connectivity index (χ4n) is 4.40. The highest BCUT2D eigenvalue weighted by molar-refractivity contribution is 5.67. The van der Waals surface area contributed by atoms with Crippen LogP contribution >= 0.6 is 0 Å². The predicted molar refractivity (Wildman–Crippen MR) is 107 cm³/mol. The summed E-state index contributed by atoms with van der Waals surface area (Å²) in [7, 11) is 0. The van der Waals surface area contributed by atoms with Crippen LogP contribution in [-0.2, 0) is 4.74 Å². The minimum Gasteiger partial charge on any atom is -0.449 e. The molecule has 0 aromatic heterocycles. The highest BCUT2D eigenvalue weighted by atomic mass is 19.1. The van der Waals surface area contributed by atoms with Crippen LogP contribution in [0.1, 0.15) is 43.6 Å². The number of likely N-dealkylation sites (tertiary alicyclic amines) is 1. The highest BCUT2D eigenvalue weighted by Crippen LogP contribution is 2.41. The van der Waals surface area contributed by atoms with Crippen LogP contribution in [0.4, 0.5) is 9.18 Å². The molecule has 3 aliphatic rings. The van der Waals surface area contributed by atoms with Crippen molar-refractivity contribution >= 4 is 6.09 Å². The van der Waals surface area contributed by atoms with Crippen LogP contribution in [0.2, 0.25) is 0 Å². The first-order valence-electron chi connectivity index (χ1n) is 10.7. The van der Waals surface area contributed by atoms with Crippen LogP contribution in [0.25, 0.3) is 0 Å². The van der Waals surface area contributed by atoms with Crippen molar-refractivity contribution in [2.45, 2.75) is 49.7 Å². The van der Waals surface area contributed by atoms with Gasteiger partial charge in [-0.25, -0.2) is 9.18 Å². The maximum absolute atomic E-state index is 15.2. The Morgan fingerprint density at radius 2 is 1.93 bits per heavy atom. The van der Waals surface area contributed by atoms with Gasteiger partial charge in [-0.3, -0.25) is 0 Å². The second kappa shape index (κ2) is 8.78. The van der Waals surface area contributed by atoms with Crippen molar-refractivity contribution in [1.29, 1.82) is 0 Å². The normalized spacial score (nSPS) is 27.4. The average molecular weight is 390 g/mol. The second-order valence-corrected chi connectivity index (χ2v) is 8.65. The van der Waals surface area contributed by atoms with E-state index in [4.69, 9.17) is 4.74 Å². The molecule has 2 atom stereocenters. The summed E-state index contributed by atoms with van der Waals surface area (Å²) in [5, 5.41) is 6.72. The Balaban J connectivity index is 1.15. The number of amides is 1. The van der Waals surface area contributed by atoms with Gasteiger partial charge in [-0.15, -0.1) is 0 Å². The molecule has 4 rings (SSSR count). The van der Waals surface area contributed by atoms with E-state index in [1.54, 1.807) is 4.90 Å². The quantitative estimate of drug-likeness (QED) is 0.785. The molecule has 1 saturated carbocycles. The number of hydrogen-bond acceptors (Lipinski definition) is 4. The van der Waals surface area contributed by atoms with Crippen LogP contribution < -0.4 is 10.6 Å². The molecule has 154 valence electrons. The van der Waals surface area contributed by atoms with Gasteiger partial charge < -0.3 is 20.3 Å². The summed E-state index contributed by atoms with van der Waals surface area (Å²) in [6.45, 7) is 3.73. The zero-order valence-corrected chi connectivity index (χ0v) is 16.5. The summed E-state index contributed by atoms with van der Waals surface area (Å²) in [4.78, 5) is 13.9. The van der Waals surface area contributed by atoms with Gasteiger partial charge in [-0.05, 0) is 43.8 Å². The summed E-state index contributed by atoms with van der Waals surface area (Å²) >= 11 is 0. The van der Waals surface area contributed by atoms with Crippen molar-refractivity contribution in [3.05, 3.63) is 35.9 Å². The van der Waals surface area contributed by atoms with E-state index in [1.165, 1.54) is 5.56 Å². The van der Waals surface area contributed by atoms with E-state index in [2.05, 4.69) is 34.9 Å². The molecule has 3 fully saturated rings. The first-order valence-corrected chi connectivity index (χ1v) is 10.7. The average Bonchev–Trinajstić information content (AvgIpc) is 3.53. The van der Waals surface area contributed by atoms with E-state index < -0.39 is 5.67 Å².